The van der Waals surface area contributed by atoms with Crippen LogP contribution in [0.5, 0.6) is 0 Å². The fourth-order valence-corrected chi connectivity index (χ4v) is 5.84. The van der Waals surface area contributed by atoms with Crippen molar-refractivity contribution in [1.29, 1.82) is 0 Å². The molecule has 0 aliphatic carbocycles. The highest BCUT2D eigenvalue weighted by Crippen LogP contribution is 2.32. The first-order valence-electron chi connectivity index (χ1n) is 9.51. The Kier molecular flexibility index (Phi) is 4.84. The number of hydrogen-bond acceptors (Lipinski definition) is 8. The molecule has 0 aliphatic rings. The van der Waals surface area contributed by atoms with E-state index in [1.54, 1.807) is 41.3 Å². The van der Waals surface area contributed by atoms with Crippen molar-refractivity contribution in [1.82, 2.24) is 19.7 Å². The number of carbonyl (C=O) groups is 1. The maximum Gasteiger partial charge on any atom is 0.258 e. The second-order valence-electron chi connectivity index (χ2n) is 7.31. The molecule has 0 bridgehead atoms. The molecule has 5 rings (SSSR count). The number of benzene rings is 1. The Morgan fingerprint density at radius 2 is 1.97 bits per heavy atom. The highest BCUT2D eigenvalue weighted by Gasteiger charge is 2.21. The van der Waals surface area contributed by atoms with Crippen molar-refractivity contribution >= 4 is 64.8 Å². The van der Waals surface area contributed by atoms with E-state index in [1.807, 2.05) is 24.4 Å². The maximum absolute atomic E-state index is 13.3. The number of hydrogen-bond donors (Lipinski definition) is 1. The van der Waals surface area contributed by atoms with Gasteiger partial charge in [-0.1, -0.05) is 17.4 Å². The lowest BCUT2D eigenvalue weighted by atomic mass is 10.1. The van der Waals surface area contributed by atoms with Crippen LogP contribution in [0.1, 0.15) is 16.1 Å². The average molecular weight is 484 g/mol. The minimum Gasteiger partial charge on any atom is -0.298 e. The second kappa shape index (κ2) is 7.47. The van der Waals surface area contributed by atoms with E-state index in [-0.39, 0.29) is 10.8 Å². The molecule has 0 unspecified atom stereocenters. The summed E-state index contributed by atoms with van der Waals surface area (Å²) in [7, 11) is -1.53. The summed E-state index contributed by atoms with van der Waals surface area (Å²) in [5.74, 6) is -0.325. The Morgan fingerprint density at radius 1 is 1.16 bits per heavy atom. The van der Waals surface area contributed by atoms with Crippen molar-refractivity contribution < 1.29 is 13.2 Å². The molecule has 32 heavy (non-hydrogen) atoms. The average Bonchev–Trinajstić information content (AvgIpc) is 3.46. The van der Waals surface area contributed by atoms with Crippen molar-refractivity contribution in [3.05, 3.63) is 53.0 Å². The number of carbonyl (C=O) groups excluding carboxylic acids is 1. The summed E-state index contributed by atoms with van der Waals surface area (Å²) in [5.41, 5.74) is 3.11. The summed E-state index contributed by atoms with van der Waals surface area (Å²) in [5, 5.41) is 10.3. The van der Waals surface area contributed by atoms with Crippen LogP contribution in [0.2, 0.25) is 0 Å². The van der Waals surface area contributed by atoms with E-state index in [4.69, 9.17) is 4.98 Å². The molecule has 0 aliphatic heterocycles. The van der Waals surface area contributed by atoms with Gasteiger partial charge in [-0.2, -0.15) is 5.10 Å². The zero-order valence-corrected chi connectivity index (χ0v) is 19.7. The molecule has 0 saturated carbocycles. The standard InChI is InChI=1S/C21H17N5O3S3/c1-11-18-13(10-15(16-5-4-8-30-16)22-19(18)26(2)25-11)20(27)24-21-23-14-7-6-12(32(3,28)29)9-17(14)31-21/h4-10H,1-3H3,(H,23,24,27). The number of pyridine rings is 1. The van der Waals surface area contributed by atoms with E-state index in [0.717, 1.165) is 11.1 Å². The number of aryl methyl sites for hydroxylation is 2. The molecule has 0 fully saturated rings. The van der Waals surface area contributed by atoms with Gasteiger partial charge >= 0.3 is 0 Å². The first-order chi connectivity index (χ1) is 15.2. The summed E-state index contributed by atoms with van der Waals surface area (Å²) in [4.78, 5) is 23.6. The third-order valence-electron chi connectivity index (χ3n) is 5.00. The minimum absolute atomic E-state index is 0.217. The molecule has 0 spiro atoms. The highest BCUT2D eigenvalue weighted by atomic mass is 32.2. The van der Waals surface area contributed by atoms with Gasteiger partial charge in [0.2, 0.25) is 0 Å². The van der Waals surface area contributed by atoms with Gasteiger partial charge in [0.15, 0.2) is 20.6 Å². The van der Waals surface area contributed by atoms with Gasteiger partial charge in [0.1, 0.15) is 0 Å². The number of nitrogens with zero attached hydrogens (tertiary/aromatic N) is 4. The van der Waals surface area contributed by atoms with Crippen LogP contribution in [0.15, 0.2) is 46.7 Å². The number of amides is 1. The quantitative estimate of drug-likeness (QED) is 0.409. The predicted molar refractivity (Wildman–Crippen MR) is 127 cm³/mol. The third kappa shape index (κ3) is 3.57. The maximum atomic E-state index is 13.3. The van der Waals surface area contributed by atoms with Gasteiger partial charge in [0.25, 0.3) is 5.91 Å². The van der Waals surface area contributed by atoms with Crippen LogP contribution in [0.4, 0.5) is 5.13 Å². The molecule has 11 heteroatoms. The van der Waals surface area contributed by atoms with Crippen LogP contribution in [0, 0.1) is 6.92 Å². The lowest BCUT2D eigenvalue weighted by molar-refractivity contribution is 0.102. The number of sulfone groups is 1. The molecular weight excluding hydrogens is 466 g/mol. The van der Waals surface area contributed by atoms with Gasteiger partial charge in [0.05, 0.1) is 42.3 Å². The molecule has 1 aromatic carbocycles. The van der Waals surface area contributed by atoms with Crippen LogP contribution >= 0.6 is 22.7 Å². The molecule has 0 atom stereocenters. The molecule has 4 aromatic heterocycles. The van der Waals surface area contributed by atoms with Crippen molar-refractivity contribution in [3.8, 4) is 10.6 Å². The molecular formula is C21H17N5O3S3. The monoisotopic (exact) mass is 483 g/mol. The number of aromatic nitrogens is 4. The normalized spacial score (nSPS) is 12.0. The molecule has 0 saturated heterocycles. The van der Waals surface area contributed by atoms with E-state index in [2.05, 4.69) is 15.4 Å². The molecule has 0 radical (unpaired) electrons. The summed E-state index contributed by atoms with van der Waals surface area (Å²) in [6.45, 7) is 1.84. The summed E-state index contributed by atoms with van der Waals surface area (Å²) in [6, 6.07) is 10.4. The number of rotatable bonds is 4. The number of nitrogens with one attached hydrogen (secondary N) is 1. The number of anilines is 1. The van der Waals surface area contributed by atoms with E-state index in [9.17, 15) is 13.2 Å². The first kappa shape index (κ1) is 20.7. The van der Waals surface area contributed by atoms with Crippen LogP contribution in [-0.2, 0) is 16.9 Å². The van der Waals surface area contributed by atoms with Crippen molar-refractivity contribution in [2.75, 3.05) is 11.6 Å². The van der Waals surface area contributed by atoms with Crippen LogP contribution in [0.25, 0.3) is 31.8 Å². The van der Waals surface area contributed by atoms with Gasteiger partial charge in [-0.3, -0.25) is 14.8 Å². The lowest BCUT2D eigenvalue weighted by Gasteiger charge is -2.07. The van der Waals surface area contributed by atoms with Gasteiger partial charge in [-0.15, -0.1) is 11.3 Å². The number of thiazole rings is 1. The fourth-order valence-electron chi connectivity index (χ4n) is 3.53. The zero-order chi connectivity index (χ0) is 22.6. The van der Waals surface area contributed by atoms with E-state index in [1.165, 1.54) is 17.4 Å². The van der Waals surface area contributed by atoms with Crippen LogP contribution in [-0.4, -0.2) is 40.3 Å². The molecule has 8 nitrogen and oxygen atoms in total. The number of fused-ring (bicyclic) bond motifs is 2. The highest BCUT2D eigenvalue weighted by molar-refractivity contribution is 7.90. The fraction of sp³-hybridized carbons (Fsp3) is 0.143. The zero-order valence-electron chi connectivity index (χ0n) is 17.3. The summed E-state index contributed by atoms with van der Waals surface area (Å²) >= 11 is 2.77. The van der Waals surface area contributed by atoms with Gasteiger partial charge in [-0.05, 0) is 42.6 Å². The number of thiophene rings is 1. The molecule has 1 N–H and O–H groups in total. The summed E-state index contributed by atoms with van der Waals surface area (Å²) < 4.78 is 26.0. The van der Waals surface area contributed by atoms with Crippen molar-refractivity contribution in [3.63, 3.8) is 0 Å². The van der Waals surface area contributed by atoms with Crippen molar-refractivity contribution in [2.45, 2.75) is 11.8 Å². The molecule has 5 aromatic rings. The third-order valence-corrected chi connectivity index (χ3v) is 7.93. The Hall–Kier alpha value is -3.15. The van der Waals surface area contributed by atoms with Crippen molar-refractivity contribution in [2.24, 2.45) is 7.05 Å². The minimum atomic E-state index is -3.33. The van der Waals surface area contributed by atoms with E-state index < -0.39 is 9.84 Å². The Labute approximate surface area is 191 Å². The largest absolute Gasteiger partial charge is 0.298 e. The van der Waals surface area contributed by atoms with Crippen LogP contribution in [0.3, 0.4) is 0 Å². The molecule has 162 valence electrons. The SMILES string of the molecule is Cc1nn(C)c2nc(-c3cccs3)cc(C(=O)Nc3nc4ccc(S(C)(=O)=O)cc4s3)c12. The Morgan fingerprint density at radius 3 is 2.69 bits per heavy atom. The summed E-state index contributed by atoms with van der Waals surface area (Å²) in [6.07, 6.45) is 1.16. The lowest BCUT2D eigenvalue weighted by Crippen LogP contribution is -2.13. The smallest absolute Gasteiger partial charge is 0.258 e. The van der Waals surface area contributed by atoms with Gasteiger partial charge in [0, 0.05) is 13.3 Å². The first-order valence-corrected chi connectivity index (χ1v) is 13.1. The molecule has 4 heterocycles. The Bertz CT molecular complexity index is 1620. The second-order valence-corrected chi connectivity index (χ2v) is 11.3. The van der Waals surface area contributed by atoms with Crippen LogP contribution < -0.4 is 5.32 Å². The molecule has 1 amide bonds. The van der Waals surface area contributed by atoms with E-state index >= 15 is 0 Å². The van der Waals surface area contributed by atoms with E-state index in [0.29, 0.717) is 43.3 Å². The predicted octanol–water partition coefficient (Wildman–Crippen LogP) is 4.27. The van der Waals surface area contributed by atoms with Gasteiger partial charge < -0.3 is 0 Å². The topological polar surface area (TPSA) is 107 Å². The Balaban J connectivity index is 1.58. The van der Waals surface area contributed by atoms with Gasteiger partial charge in [-0.25, -0.2) is 18.4 Å².